The molecule has 114 valence electrons. The van der Waals surface area contributed by atoms with E-state index >= 15 is 0 Å². The SMILES string of the molecule is CCOc1cc([C@H]2Nc3ccccc3C(=O)N2O)ccc1O. The Balaban J connectivity index is 1.99. The fourth-order valence-electron chi connectivity index (χ4n) is 2.44. The second-order valence-electron chi connectivity index (χ2n) is 4.90. The van der Waals surface area contributed by atoms with Crippen LogP contribution in [0.15, 0.2) is 42.5 Å². The number of hydrogen-bond acceptors (Lipinski definition) is 5. The van der Waals surface area contributed by atoms with Crippen LogP contribution < -0.4 is 10.1 Å². The van der Waals surface area contributed by atoms with Gasteiger partial charge in [-0.25, -0.2) is 0 Å². The monoisotopic (exact) mass is 300 g/mol. The van der Waals surface area contributed by atoms with Crippen LogP contribution in [0.5, 0.6) is 11.5 Å². The lowest BCUT2D eigenvalue weighted by Gasteiger charge is -2.33. The van der Waals surface area contributed by atoms with Crippen LogP contribution in [-0.4, -0.2) is 27.9 Å². The molecule has 3 rings (SSSR count). The van der Waals surface area contributed by atoms with Crippen molar-refractivity contribution in [2.24, 2.45) is 0 Å². The number of nitrogens with zero attached hydrogens (tertiary/aromatic N) is 1. The lowest BCUT2D eigenvalue weighted by atomic mass is 10.0. The number of fused-ring (bicyclic) bond motifs is 1. The van der Waals surface area contributed by atoms with Gasteiger partial charge in [0.2, 0.25) is 0 Å². The molecular weight excluding hydrogens is 284 g/mol. The van der Waals surface area contributed by atoms with E-state index in [1.54, 1.807) is 30.3 Å². The molecule has 6 heteroatoms. The second kappa shape index (κ2) is 5.57. The molecule has 0 saturated heterocycles. The van der Waals surface area contributed by atoms with Crippen molar-refractivity contribution in [2.45, 2.75) is 13.1 Å². The maximum Gasteiger partial charge on any atom is 0.281 e. The van der Waals surface area contributed by atoms with E-state index in [1.165, 1.54) is 6.07 Å². The predicted octanol–water partition coefficient (Wildman–Crippen LogP) is 2.75. The lowest BCUT2D eigenvalue weighted by molar-refractivity contribution is -0.0851. The van der Waals surface area contributed by atoms with Crippen LogP contribution in [0.3, 0.4) is 0 Å². The van der Waals surface area contributed by atoms with Gasteiger partial charge in [-0.2, -0.15) is 5.06 Å². The maximum absolute atomic E-state index is 12.2. The highest BCUT2D eigenvalue weighted by Crippen LogP contribution is 2.35. The average Bonchev–Trinajstić information content (AvgIpc) is 2.53. The number of hydroxylamine groups is 2. The number of aromatic hydroxyl groups is 1. The van der Waals surface area contributed by atoms with Gasteiger partial charge in [-0.15, -0.1) is 0 Å². The molecule has 1 amide bonds. The minimum atomic E-state index is -0.748. The standard InChI is InChI=1S/C16H16N2O4/c1-2-22-14-9-10(7-8-13(14)19)15-17-12-6-4-3-5-11(12)16(20)18(15)21/h3-9,15,17,19,21H,2H2,1H3/t15-/m0/s1. The predicted molar refractivity (Wildman–Crippen MR) is 80.0 cm³/mol. The van der Waals surface area contributed by atoms with Crippen molar-refractivity contribution < 1.29 is 19.8 Å². The highest BCUT2D eigenvalue weighted by atomic mass is 16.5. The lowest BCUT2D eigenvalue weighted by Crippen LogP contribution is -2.40. The number of para-hydroxylation sites is 1. The normalized spacial score (nSPS) is 16.9. The summed E-state index contributed by atoms with van der Waals surface area (Å²) < 4.78 is 5.34. The Morgan fingerprint density at radius 2 is 2.05 bits per heavy atom. The van der Waals surface area contributed by atoms with Gasteiger partial charge in [0, 0.05) is 11.3 Å². The smallest absolute Gasteiger partial charge is 0.281 e. The molecule has 2 aromatic rings. The fraction of sp³-hybridized carbons (Fsp3) is 0.188. The van der Waals surface area contributed by atoms with Crippen molar-refractivity contribution in [1.82, 2.24) is 5.06 Å². The molecule has 0 aliphatic carbocycles. The van der Waals surface area contributed by atoms with Gasteiger partial charge in [0.15, 0.2) is 17.7 Å². The summed E-state index contributed by atoms with van der Waals surface area (Å²) in [6.07, 6.45) is -0.748. The minimum absolute atomic E-state index is 0.0117. The number of amides is 1. The number of hydrogen-bond donors (Lipinski definition) is 3. The molecule has 22 heavy (non-hydrogen) atoms. The average molecular weight is 300 g/mol. The van der Waals surface area contributed by atoms with Crippen LogP contribution in [0.2, 0.25) is 0 Å². The summed E-state index contributed by atoms with van der Waals surface area (Å²) >= 11 is 0. The zero-order chi connectivity index (χ0) is 15.7. The summed E-state index contributed by atoms with van der Waals surface area (Å²) in [5, 5.41) is 23.6. The zero-order valence-corrected chi connectivity index (χ0v) is 12.0. The van der Waals surface area contributed by atoms with Crippen LogP contribution in [0, 0.1) is 0 Å². The summed E-state index contributed by atoms with van der Waals surface area (Å²) in [5.41, 5.74) is 1.66. The third-order valence-electron chi connectivity index (χ3n) is 3.50. The molecule has 6 nitrogen and oxygen atoms in total. The first-order valence-electron chi connectivity index (χ1n) is 6.95. The van der Waals surface area contributed by atoms with Crippen LogP contribution in [0.4, 0.5) is 5.69 Å². The maximum atomic E-state index is 12.2. The zero-order valence-electron chi connectivity index (χ0n) is 12.0. The van der Waals surface area contributed by atoms with Gasteiger partial charge in [0.25, 0.3) is 5.91 Å². The largest absolute Gasteiger partial charge is 0.504 e. The third kappa shape index (κ3) is 2.33. The molecule has 0 fully saturated rings. The van der Waals surface area contributed by atoms with Gasteiger partial charge in [-0.05, 0) is 31.2 Å². The van der Waals surface area contributed by atoms with Crippen molar-refractivity contribution in [3.8, 4) is 11.5 Å². The molecule has 0 unspecified atom stereocenters. The number of nitrogens with one attached hydrogen (secondary N) is 1. The number of phenols is 1. The topological polar surface area (TPSA) is 82.0 Å². The Bertz CT molecular complexity index is 717. The Labute approximate surface area is 127 Å². The summed E-state index contributed by atoms with van der Waals surface area (Å²) in [5.74, 6) is -0.162. The Morgan fingerprint density at radius 1 is 1.27 bits per heavy atom. The highest BCUT2D eigenvalue weighted by Gasteiger charge is 2.32. The first-order valence-corrected chi connectivity index (χ1v) is 6.95. The van der Waals surface area contributed by atoms with E-state index < -0.39 is 12.1 Å². The third-order valence-corrected chi connectivity index (χ3v) is 3.50. The van der Waals surface area contributed by atoms with E-state index in [4.69, 9.17) is 4.74 Å². The highest BCUT2D eigenvalue weighted by molar-refractivity contribution is 6.01. The van der Waals surface area contributed by atoms with Crippen LogP contribution in [-0.2, 0) is 0 Å². The number of rotatable bonds is 3. The molecule has 0 bridgehead atoms. The molecule has 3 N–H and O–H groups in total. The molecule has 0 spiro atoms. The Hall–Kier alpha value is -2.73. The molecule has 1 aliphatic rings. The van der Waals surface area contributed by atoms with Crippen molar-refractivity contribution in [2.75, 3.05) is 11.9 Å². The van der Waals surface area contributed by atoms with Crippen LogP contribution in [0.25, 0.3) is 0 Å². The minimum Gasteiger partial charge on any atom is -0.504 e. The molecule has 0 saturated carbocycles. The molecule has 0 aromatic heterocycles. The van der Waals surface area contributed by atoms with E-state index in [0.29, 0.717) is 34.2 Å². The Morgan fingerprint density at radius 3 is 2.82 bits per heavy atom. The van der Waals surface area contributed by atoms with Gasteiger partial charge in [-0.3, -0.25) is 10.0 Å². The summed E-state index contributed by atoms with van der Waals surface area (Å²) in [4.78, 5) is 12.2. The van der Waals surface area contributed by atoms with Crippen molar-refractivity contribution in [3.63, 3.8) is 0 Å². The molecule has 1 heterocycles. The molecule has 1 aliphatic heterocycles. The van der Waals surface area contributed by atoms with Gasteiger partial charge >= 0.3 is 0 Å². The van der Waals surface area contributed by atoms with E-state index in [-0.39, 0.29) is 5.75 Å². The number of carbonyl (C=O) groups excluding carboxylic acids is 1. The molecular formula is C16H16N2O4. The van der Waals surface area contributed by atoms with E-state index in [1.807, 2.05) is 13.0 Å². The van der Waals surface area contributed by atoms with E-state index in [9.17, 15) is 15.1 Å². The van der Waals surface area contributed by atoms with Gasteiger partial charge in [0.05, 0.1) is 12.2 Å². The number of ether oxygens (including phenoxy) is 1. The number of carbonyl (C=O) groups is 1. The number of anilines is 1. The van der Waals surface area contributed by atoms with Crippen LogP contribution in [0.1, 0.15) is 29.0 Å². The number of phenolic OH excluding ortho intramolecular Hbond substituents is 1. The van der Waals surface area contributed by atoms with Crippen molar-refractivity contribution in [3.05, 3.63) is 53.6 Å². The second-order valence-corrected chi connectivity index (χ2v) is 4.90. The first kappa shape index (κ1) is 14.2. The Kier molecular flexibility index (Phi) is 3.60. The van der Waals surface area contributed by atoms with Crippen molar-refractivity contribution in [1.29, 1.82) is 0 Å². The fourth-order valence-corrected chi connectivity index (χ4v) is 2.44. The van der Waals surface area contributed by atoms with Gasteiger partial charge in [0.1, 0.15) is 0 Å². The number of benzene rings is 2. The first-order chi connectivity index (χ1) is 10.6. The summed E-state index contributed by atoms with van der Waals surface area (Å²) in [6, 6.07) is 11.7. The summed E-state index contributed by atoms with van der Waals surface area (Å²) in [7, 11) is 0. The van der Waals surface area contributed by atoms with E-state index in [2.05, 4.69) is 5.32 Å². The van der Waals surface area contributed by atoms with Gasteiger partial charge < -0.3 is 15.2 Å². The van der Waals surface area contributed by atoms with Crippen LogP contribution >= 0.6 is 0 Å². The molecule has 2 aromatic carbocycles. The summed E-state index contributed by atoms with van der Waals surface area (Å²) in [6.45, 7) is 2.21. The van der Waals surface area contributed by atoms with Gasteiger partial charge in [-0.1, -0.05) is 18.2 Å². The molecule has 1 atom stereocenters. The van der Waals surface area contributed by atoms with E-state index in [0.717, 1.165) is 0 Å². The molecule has 0 radical (unpaired) electrons. The quantitative estimate of drug-likeness (QED) is 0.759. The van der Waals surface area contributed by atoms with Crippen molar-refractivity contribution >= 4 is 11.6 Å².